The zero-order chi connectivity index (χ0) is 23.8. The second-order valence-electron chi connectivity index (χ2n) is 7.82. The van der Waals surface area contributed by atoms with Crippen LogP contribution in [0.3, 0.4) is 0 Å². The number of imidazole rings is 1. The van der Waals surface area contributed by atoms with Gasteiger partial charge in [-0.2, -0.15) is 0 Å². The number of aliphatic carboxylic acids is 1. The van der Waals surface area contributed by atoms with E-state index in [1.807, 2.05) is 13.8 Å². The van der Waals surface area contributed by atoms with E-state index >= 15 is 0 Å². The lowest BCUT2D eigenvalue weighted by atomic mass is 9.83. The highest BCUT2D eigenvalue weighted by Crippen LogP contribution is 2.33. The van der Waals surface area contributed by atoms with Gasteiger partial charge in [-0.3, -0.25) is 4.79 Å². The fraction of sp³-hybridized carbons (Fsp3) is 0.455. The van der Waals surface area contributed by atoms with E-state index in [0.717, 1.165) is 12.8 Å². The van der Waals surface area contributed by atoms with Gasteiger partial charge >= 0.3 is 11.9 Å². The molecule has 0 saturated carbocycles. The van der Waals surface area contributed by atoms with Crippen LogP contribution >= 0.6 is 23.2 Å². The number of halogens is 2. The first kappa shape index (κ1) is 25.7. The van der Waals surface area contributed by atoms with Crippen molar-refractivity contribution in [2.24, 2.45) is 11.8 Å². The van der Waals surface area contributed by atoms with Crippen molar-refractivity contribution in [1.82, 2.24) is 15.3 Å². The molecule has 4 N–H and O–H groups in total. The molecule has 0 aliphatic heterocycles. The topological polar surface area (TPSA) is 132 Å². The SMILES string of the molecule is CCCCC(C(=O)NC(Cc1cnc[nH]1)C(=O)O)C(C)Cc1ccc(C(=O)O)c(Cl)c1Cl. The molecule has 3 unspecified atom stereocenters. The summed E-state index contributed by atoms with van der Waals surface area (Å²) in [6, 6.07) is 1.90. The van der Waals surface area contributed by atoms with Crippen LogP contribution < -0.4 is 5.32 Å². The molecular weight excluding hydrogens is 457 g/mol. The first-order chi connectivity index (χ1) is 15.1. The van der Waals surface area contributed by atoms with E-state index in [2.05, 4.69) is 15.3 Å². The summed E-state index contributed by atoms with van der Waals surface area (Å²) in [5, 5.41) is 21.5. The Bertz CT molecular complexity index is 949. The maximum Gasteiger partial charge on any atom is 0.337 e. The maximum absolute atomic E-state index is 13.1. The van der Waals surface area contributed by atoms with Gasteiger partial charge in [0.05, 0.1) is 21.9 Å². The Kier molecular flexibility index (Phi) is 9.53. The summed E-state index contributed by atoms with van der Waals surface area (Å²) in [4.78, 5) is 42.7. The molecule has 1 aromatic heterocycles. The number of hydrogen-bond acceptors (Lipinski definition) is 4. The largest absolute Gasteiger partial charge is 0.480 e. The summed E-state index contributed by atoms with van der Waals surface area (Å²) in [5.74, 6) is -3.29. The first-order valence-corrected chi connectivity index (χ1v) is 11.1. The number of carboxylic acid groups (broad SMARTS) is 2. The Morgan fingerprint density at radius 1 is 1.16 bits per heavy atom. The van der Waals surface area contributed by atoms with E-state index in [4.69, 9.17) is 23.2 Å². The van der Waals surface area contributed by atoms with Crippen molar-refractivity contribution in [3.05, 3.63) is 51.5 Å². The number of carbonyl (C=O) groups is 3. The number of nitrogens with one attached hydrogen (secondary N) is 2. The highest BCUT2D eigenvalue weighted by atomic mass is 35.5. The Hall–Kier alpha value is -2.58. The number of carboxylic acids is 2. The number of amides is 1. The number of aromatic amines is 1. The van der Waals surface area contributed by atoms with E-state index < -0.39 is 23.9 Å². The molecule has 1 amide bonds. The molecule has 0 aliphatic carbocycles. The van der Waals surface area contributed by atoms with Crippen molar-refractivity contribution in [1.29, 1.82) is 0 Å². The molecule has 174 valence electrons. The predicted molar refractivity (Wildman–Crippen MR) is 121 cm³/mol. The van der Waals surface area contributed by atoms with Crippen LogP contribution in [0.1, 0.15) is 54.7 Å². The number of unbranched alkanes of at least 4 members (excludes halogenated alkanes) is 1. The molecule has 32 heavy (non-hydrogen) atoms. The van der Waals surface area contributed by atoms with Gasteiger partial charge in [0.1, 0.15) is 6.04 Å². The molecule has 0 fully saturated rings. The number of H-pyrrole nitrogens is 1. The molecule has 10 heteroatoms. The third kappa shape index (κ3) is 6.71. The van der Waals surface area contributed by atoms with E-state index in [0.29, 0.717) is 24.1 Å². The van der Waals surface area contributed by atoms with E-state index in [-0.39, 0.29) is 33.9 Å². The summed E-state index contributed by atoms with van der Waals surface area (Å²) in [6.45, 7) is 3.90. The molecule has 0 saturated heterocycles. The number of nitrogens with zero attached hydrogens (tertiary/aromatic N) is 1. The van der Waals surface area contributed by atoms with E-state index in [1.54, 1.807) is 6.07 Å². The predicted octanol–water partition coefficient (Wildman–Crippen LogP) is 4.21. The minimum Gasteiger partial charge on any atom is -0.480 e. The average molecular weight is 484 g/mol. The molecule has 2 aromatic rings. The van der Waals surface area contributed by atoms with Gasteiger partial charge in [-0.15, -0.1) is 0 Å². The van der Waals surface area contributed by atoms with E-state index in [1.165, 1.54) is 18.6 Å². The molecule has 1 aromatic carbocycles. The van der Waals surface area contributed by atoms with Crippen LogP contribution in [0.5, 0.6) is 0 Å². The van der Waals surface area contributed by atoms with Crippen molar-refractivity contribution >= 4 is 41.0 Å². The molecule has 0 aliphatic rings. The molecule has 8 nitrogen and oxygen atoms in total. The maximum atomic E-state index is 13.1. The third-order valence-corrected chi connectivity index (χ3v) is 6.34. The number of aromatic nitrogens is 2. The minimum atomic E-state index is -1.17. The standard InChI is InChI=1S/C22H27Cl2N3O5/c1-3-4-5-15(20(28)27-17(22(31)32)9-14-10-25-11-26-14)12(2)8-13-6-7-16(21(29)30)19(24)18(13)23/h6-7,10-12,15,17H,3-5,8-9H2,1-2H3,(H,25,26)(H,27,28)(H,29,30)(H,31,32). The summed E-state index contributed by atoms with van der Waals surface area (Å²) in [7, 11) is 0. The molecule has 0 bridgehead atoms. The fourth-order valence-electron chi connectivity index (χ4n) is 3.59. The van der Waals surface area contributed by atoms with Crippen LogP contribution in [0, 0.1) is 11.8 Å². The molecule has 0 radical (unpaired) electrons. The number of rotatable bonds is 12. The number of hydrogen-bond donors (Lipinski definition) is 4. The lowest BCUT2D eigenvalue weighted by Gasteiger charge is -2.26. The van der Waals surface area contributed by atoms with Crippen LogP contribution in [0.25, 0.3) is 0 Å². The van der Waals surface area contributed by atoms with Crippen LogP contribution in [-0.4, -0.2) is 44.1 Å². The molecule has 2 rings (SSSR count). The highest BCUT2D eigenvalue weighted by molar-refractivity contribution is 6.44. The zero-order valence-electron chi connectivity index (χ0n) is 17.9. The van der Waals surface area contributed by atoms with Gasteiger partial charge in [0.15, 0.2) is 0 Å². The Morgan fingerprint density at radius 3 is 2.44 bits per heavy atom. The summed E-state index contributed by atoms with van der Waals surface area (Å²) < 4.78 is 0. The average Bonchev–Trinajstić information content (AvgIpc) is 3.24. The molecule has 3 atom stereocenters. The summed E-state index contributed by atoms with van der Waals surface area (Å²) in [5.41, 5.74) is 1.16. The summed E-state index contributed by atoms with van der Waals surface area (Å²) in [6.07, 6.45) is 5.71. The quantitative estimate of drug-likeness (QED) is 0.357. The number of aromatic carboxylic acids is 1. The van der Waals surface area contributed by atoms with Crippen molar-refractivity contribution in [3.63, 3.8) is 0 Å². The Morgan fingerprint density at radius 2 is 1.88 bits per heavy atom. The van der Waals surface area contributed by atoms with Crippen LogP contribution in [-0.2, 0) is 22.4 Å². The molecule has 1 heterocycles. The monoisotopic (exact) mass is 483 g/mol. The smallest absolute Gasteiger partial charge is 0.337 e. The van der Waals surface area contributed by atoms with Crippen LogP contribution in [0.4, 0.5) is 0 Å². The van der Waals surface area contributed by atoms with Gasteiger partial charge in [0.25, 0.3) is 0 Å². The molecule has 0 spiro atoms. The third-order valence-electron chi connectivity index (χ3n) is 5.42. The minimum absolute atomic E-state index is 0.0380. The van der Waals surface area contributed by atoms with E-state index in [9.17, 15) is 24.6 Å². The van der Waals surface area contributed by atoms with Crippen molar-refractivity contribution < 1.29 is 24.6 Å². The Balaban J connectivity index is 2.18. The molecular formula is C22H27Cl2N3O5. The van der Waals surface area contributed by atoms with Gasteiger partial charge in [0.2, 0.25) is 5.91 Å². The fourth-order valence-corrected chi connectivity index (χ4v) is 4.10. The number of carbonyl (C=O) groups excluding carboxylic acids is 1. The van der Waals surface area contributed by atoms with Gasteiger partial charge in [-0.05, 0) is 30.4 Å². The zero-order valence-corrected chi connectivity index (χ0v) is 19.4. The lowest BCUT2D eigenvalue weighted by Crippen LogP contribution is -2.46. The van der Waals surface area contributed by atoms with Gasteiger partial charge in [-0.1, -0.05) is 56.0 Å². The summed E-state index contributed by atoms with van der Waals surface area (Å²) >= 11 is 12.4. The normalized spacial score (nSPS) is 13.9. The Labute approximate surface area is 196 Å². The highest BCUT2D eigenvalue weighted by Gasteiger charge is 2.30. The van der Waals surface area contributed by atoms with Crippen molar-refractivity contribution in [2.75, 3.05) is 0 Å². The van der Waals surface area contributed by atoms with Gasteiger partial charge in [0, 0.05) is 24.2 Å². The first-order valence-electron chi connectivity index (χ1n) is 10.4. The van der Waals surface area contributed by atoms with Crippen LogP contribution in [0.2, 0.25) is 10.0 Å². The lowest BCUT2D eigenvalue weighted by molar-refractivity contribution is -0.142. The van der Waals surface area contributed by atoms with Gasteiger partial charge in [-0.25, -0.2) is 14.6 Å². The number of benzene rings is 1. The van der Waals surface area contributed by atoms with Gasteiger partial charge < -0.3 is 20.5 Å². The van der Waals surface area contributed by atoms with Crippen molar-refractivity contribution in [2.45, 2.75) is 52.0 Å². The second kappa shape index (κ2) is 11.9. The van der Waals surface area contributed by atoms with Crippen molar-refractivity contribution in [3.8, 4) is 0 Å². The van der Waals surface area contributed by atoms with Crippen LogP contribution in [0.15, 0.2) is 24.7 Å². The second-order valence-corrected chi connectivity index (χ2v) is 8.57.